The predicted octanol–water partition coefficient (Wildman–Crippen LogP) is 3.38. The normalized spacial score (nSPS) is 14.0. The number of amides is 1. The highest BCUT2D eigenvalue weighted by atomic mass is 127. The standard InChI is InChI=1S/C14H21IN2O/c1-10(5-3-6-11(2)16)14(18)17-13-8-4-7-12(15)9-13/h4,7-11H,3,5-6,16H2,1-2H3,(H,17,18). The molecule has 0 saturated heterocycles. The molecule has 1 amide bonds. The van der Waals surface area contributed by atoms with Crippen LogP contribution in [0.3, 0.4) is 0 Å². The molecular formula is C14H21IN2O. The molecule has 4 heteroatoms. The van der Waals surface area contributed by atoms with Gasteiger partial charge in [-0.15, -0.1) is 0 Å². The maximum atomic E-state index is 12.0. The van der Waals surface area contributed by atoms with E-state index in [0.717, 1.165) is 28.5 Å². The van der Waals surface area contributed by atoms with Crippen LogP contribution in [-0.2, 0) is 4.79 Å². The first-order valence-electron chi connectivity index (χ1n) is 6.31. The first kappa shape index (κ1) is 15.4. The van der Waals surface area contributed by atoms with Crippen LogP contribution in [0.25, 0.3) is 0 Å². The molecule has 100 valence electrons. The van der Waals surface area contributed by atoms with Crippen molar-refractivity contribution >= 4 is 34.2 Å². The summed E-state index contributed by atoms with van der Waals surface area (Å²) in [5, 5.41) is 2.95. The largest absolute Gasteiger partial charge is 0.328 e. The number of carbonyl (C=O) groups is 1. The fraction of sp³-hybridized carbons (Fsp3) is 0.500. The molecule has 18 heavy (non-hydrogen) atoms. The SMILES string of the molecule is CC(N)CCCC(C)C(=O)Nc1cccc(I)c1. The third kappa shape index (κ3) is 5.82. The predicted molar refractivity (Wildman–Crippen MR) is 84.5 cm³/mol. The molecule has 0 bridgehead atoms. The van der Waals surface area contributed by atoms with E-state index in [2.05, 4.69) is 27.9 Å². The molecule has 0 aromatic heterocycles. The molecule has 0 spiro atoms. The van der Waals surface area contributed by atoms with E-state index in [4.69, 9.17) is 5.73 Å². The minimum Gasteiger partial charge on any atom is -0.328 e. The summed E-state index contributed by atoms with van der Waals surface area (Å²) < 4.78 is 1.12. The van der Waals surface area contributed by atoms with Gasteiger partial charge < -0.3 is 11.1 Å². The van der Waals surface area contributed by atoms with E-state index < -0.39 is 0 Å². The van der Waals surface area contributed by atoms with Gasteiger partial charge in [0.05, 0.1) is 0 Å². The number of hydrogen-bond acceptors (Lipinski definition) is 2. The maximum absolute atomic E-state index is 12.0. The van der Waals surface area contributed by atoms with Crippen LogP contribution in [0, 0.1) is 9.49 Å². The molecule has 2 unspecified atom stereocenters. The highest BCUT2D eigenvalue weighted by Gasteiger charge is 2.13. The average Bonchev–Trinajstić information content (AvgIpc) is 2.28. The van der Waals surface area contributed by atoms with Crippen molar-refractivity contribution in [1.29, 1.82) is 0 Å². The second-order valence-electron chi connectivity index (χ2n) is 4.81. The average molecular weight is 360 g/mol. The van der Waals surface area contributed by atoms with Crippen LogP contribution in [0.1, 0.15) is 33.1 Å². The number of carbonyl (C=O) groups excluding carboxylic acids is 1. The van der Waals surface area contributed by atoms with Gasteiger partial charge in [-0.05, 0) is 60.6 Å². The van der Waals surface area contributed by atoms with Crippen LogP contribution < -0.4 is 11.1 Å². The summed E-state index contributed by atoms with van der Waals surface area (Å²) in [5.74, 6) is 0.114. The van der Waals surface area contributed by atoms with E-state index in [1.165, 1.54) is 0 Å². The van der Waals surface area contributed by atoms with E-state index in [0.29, 0.717) is 0 Å². The van der Waals surface area contributed by atoms with Crippen molar-refractivity contribution in [3.05, 3.63) is 27.8 Å². The van der Waals surface area contributed by atoms with E-state index >= 15 is 0 Å². The number of benzene rings is 1. The van der Waals surface area contributed by atoms with Gasteiger partial charge >= 0.3 is 0 Å². The minimum absolute atomic E-state index is 0.0293. The summed E-state index contributed by atoms with van der Waals surface area (Å²) in [5.41, 5.74) is 6.56. The van der Waals surface area contributed by atoms with Gasteiger partial charge in [0.2, 0.25) is 5.91 Å². The zero-order valence-electron chi connectivity index (χ0n) is 10.9. The van der Waals surface area contributed by atoms with Crippen molar-refractivity contribution in [2.75, 3.05) is 5.32 Å². The topological polar surface area (TPSA) is 55.1 Å². The molecular weight excluding hydrogens is 339 g/mol. The molecule has 0 aliphatic heterocycles. The lowest BCUT2D eigenvalue weighted by atomic mass is 10.0. The fourth-order valence-electron chi connectivity index (χ4n) is 1.71. The van der Waals surface area contributed by atoms with Gasteiger partial charge in [-0.3, -0.25) is 4.79 Å². The molecule has 2 atom stereocenters. The molecule has 1 aromatic rings. The van der Waals surface area contributed by atoms with Crippen molar-refractivity contribution in [2.24, 2.45) is 11.7 Å². The lowest BCUT2D eigenvalue weighted by molar-refractivity contribution is -0.119. The Labute approximate surface area is 123 Å². The minimum atomic E-state index is 0.0293. The smallest absolute Gasteiger partial charge is 0.227 e. The molecule has 0 aliphatic carbocycles. The highest BCUT2D eigenvalue weighted by Crippen LogP contribution is 2.15. The quantitative estimate of drug-likeness (QED) is 0.765. The van der Waals surface area contributed by atoms with E-state index in [-0.39, 0.29) is 17.9 Å². The molecule has 1 rings (SSSR count). The second-order valence-corrected chi connectivity index (χ2v) is 6.05. The van der Waals surface area contributed by atoms with Crippen molar-refractivity contribution in [1.82, 2.24) is 0 Å². The third-order valence-electron chi connectivity index (χ3n) is 2.84. The molecule has 0 fully saturated rings. The Hall–Kier alpha value is -0.620. The Morgan fingerprint density at radius 3 is 2.72 bits per heavy atom. The Bertz CT molecular complexity index is 393. The van der Waals surface area contributed by atoms with Crippen LogP contribution >= 0.6 is 22.6 Å². The Balaban J connectivity index is 2.40. The van der Waals surface area contributed by atoms with Gasteiger partial charge in [-0.2, -0.15) is 0 Å². The number of rotatable bonds is 6. The van der Waals surface area contributed by atoms with Gasteiger partial charge in [-0.25, -0.2) is 0 Å². The summed E-state index contributed by atoms with van der Waals surface area (Å²) in [6, 6.07) is 8.04. The molecule has 0 radical (unpaired) electrons. The van der Waals surface area contributed by atoms with Crippen LogP contribution in [0.2, 0.25) is 0 Å². The molecule has 3 nitrogen and oxygen atoms in total. The Morgan fingerprint density at radius 2 is 2.11 bits per heavy atom. The fourth-order valence-corrected chi connectivity index (χ4v) is 2.25. The summed E-state index contributed by atoms with van der Waals surface area (Å²) in [6.45, 7) is 3.96. The van der Waals surface area contributed by atoms with Gasteiger partial charge in [0.15, 0.2) is 0 Å². The third-order valence-corrected chi connectivity index (χ3v) is 3.51. The van der Waals surface area contributed by atoms with E-state index in [1.807, 2.05) is 38.1 Å². The van der Waals surface area contributed by atoms with E-state index in [1.54, 1.807) is 0 Å². The molecule has 1 aromatic carbocycles. The molecule has 0 aliphatic rings. The lowest BCUT2D eigenvalue weighted by Crippen LogP contribution is -2.21. The highest BCUT2D eigenvalue weighted by molar-refractivity contribution is 14.1. The number of nitrogens with one attached hydrogen (secondary N) is 1. The van der Waals surface area contributed by atoms with Gasteiger partial charge in [0.25, 0.3) is 0 Å². The Kier molecular flexibility index (Phi) is 6.63. The zero-order chi connectivity index (χ0) is 13.5. The summed E-state index contributed by atoms with van der Waals surface area (Å²) in [4.78, 5) is 12.0. The number of halogens is 1. The molecule has 3 N–H and O–H groups in total. The second kappa shape index (κ2) is 7.74. The first-order valence-corrected chi connectivity index (χ1v) is 7.39. The summed E-state index contributed by atoms with van der Waals surface area (Å²) in [7, 11) is 0. The Morgan fingerprint density at radius 1 is 1.39 bits per heavy atom. The number of nitrogens with two attached hydrogens (primary N) is 1. The van der Waals surface area contributed by atoms with Gasteiger partial charge in [0, 0.05) is 21.2 Å². The van der Waals surface area contributed by atoms with Crippen LogP contribution in [-0.4, -0.2) is 11.9 Å². The van der Waals surface area contributed by atoms with Crippen LogP contribution in [0.15, 0.2) is 24.3 Å². The van der Waals surface area contributed by atoms with Crippen molar-refractivity contribution < 1.29 is 4.79 Å². The summed E-state index contributed by atoms with van der Waals surface area (Å²) in [6.07, 6.45) is 2.86. The lowest BCUT2D eigenvalue weighted by Gasteiger charge is -2.13. The van der Waals surface area contributed by atoms with Gasteiger partial charge in [0.1, 0.15) is 0 Å². The van der Waals surface area contributed by atoms with Crippen molar-refractivity contribution in [3.63, 3.8) is 0 Å². The number of hydrogen-bond donors (Lipinski definition) is 2. The molecule has 0 heterocycles. The zero-order valence-corrected chi connectivity index (χ0v) is 13.1. The van der Waals surface area contributed by atoms with E-state index in [9.17, 15) is 4.79 Å². The monoisotopic (exact) mass is 360 g/mol. The summed E-state index contributed by atoms with van der Waals surface area (Å²) >= 11 is 2.23. The van der Waals surface area contributed by atoms with Gasteiger partial charge in [-0.1, -0.05) is 19.4 Å². The van der Waals surface area contributed by atoms with Crippen molar-refractivity contribution in [2.45, 2.75) is 39.2 Å². The maximum Gasteiger partial charge on any atom is 0.227 e. The van der Waals surface area contributed by atoms with Crippen LogP contribution in [0.5, 0.6) is 0 Å². The number of anilines is 1. The van der Waals surface area contributed by atoms with Crippen molar-refractivity contribution in [3.8, 4) is 0 Å². The van der Waals surface area contributed by atoms with Crippen LogP contribution in [0.4, 0.5) is 5.69 Å². The molecule has 0 saturated carbocycles. The first-order chi connectivity index (χ1) is 8.49.